The number of hydrogen-bond donors (Lipinski definition) is 1. The summed E-state index contributed by atoms with van der Waals surface area (Å²) < 4.78 is 2.32. The zero-order valence-corrected chi connectivity index (χ0v) is 9.33. The first-order valence-corrected chi connectivity index (χ1v) is 4.96. The Morgan fingerprint density at radius 1 is 1.43 bits per heavy atom. The molecule has 0 radical (unpaired) electrons. The van der Waals surface area contributed by atoms with E-state index in [1.54, 1.807) is 29.2 Å². The van der Waals surface area contributed by atoms with E-state index in [0.717, 1.165) is 4.47 Å². The summed E-state index contributed by atoms with van der Waals surface area (Å²) in [5.41, 5.74) is 5.58. The third-order valence-corrected chi connectivity index (χ3v) is 2.48. The number of rotatable bonds is 1. The van der Waals surface area contributed by atoms with Gasteiger partial charge in [0.05, 0.1) is 9.50 Å². The predicted molar refractivity (Wildman–Crippen MR) is 58.5 cm³/mol. The molecule has 0 bridgehead atoms. The molecule has 4 nitrogen and oxygen atoms in total. The number of hydrogen-bond acceptors (Lipinski definition) is 3. The lowest BCUT2D eigenvalue weighted by Gasteiger charge is -1.98. The molecule has 0 unspecified atom stereocenters. The van der Waals surface area contributed by atoms with Gasteiger partial charge in [0.2, 0.25) is 0 Å². The van der Waals surface area contributed by atoms with Crippen molar-refractivity contribution in [1.82, 2.24) is 14.8 Å². The van der Waals surface area contributed by atoms with E-state index in [9.17, 15) is 0 Å². The number of nitrogens with two attached hydrogens (primary N) is 1. The monoisotopic (exact) mass is 272 g/mol. The van der Waals surface area contributed by atoms with Crippen molar-refractivity contribution in [2.75, 3.05) is 5.73 Å². The van der Waals surface area contributed by atoms with Crippen molar-refractivity contribution in [2.24, 2.45) is 0 Å². The van der Waals surface area contributed by atoms with Crippen LogP contribution in [0.5, 0.6) is 0 Å². The van der Waals surface area contributed by atoms with Crippen molar-refractivity contribution in [3.8, 4) is 5.82 Å². The molecule has 0 aliphatic rings. The molecule has 0 atom stereocenters. The molecule has 0 aliphatic carbocycles. The number of pyridine rings is 1. The average molecular weight is 274 g/mol. The summed E-state index contributed by atoms with van der Waals surface area (Å²) in [6.45, 7) is 0. The molecule has 0 spiro atoms. The van der Waals surface area contributed by atoms with Gasteiger partial charge in [0, 0.05) is 12.4 Å². The highest BCUT2D eigenvalue weighted by Crippen LogP contribution is 2.18. The smallest absolute Gasteiger partial charge is 0.160 e. The summed E-state index contributed by atoms with van der Waals surface area (Å²) in [4.78, 5) is 4.10. The second-order valence-electron chi connectivity index (χ2n) is 2.64. The second kappa shape index (κ2) is 3.59. The van der Waals surface area contributed by atoms with E-state index in [2.05, 4.69) is 26.0 Å². The Kier molecular flexibility index (Phi) is 2.43. The second-order valence-corrected chi connectivity index (χ2v) is 3.93. The van der Waals surface area contributed by atoms with Gasteiger partial charge in [-0.3, -0.25) is 0 Å². The lowest BCUT2D eigenvalue weighted by molar-refractivity contribution is 0.851. The number of nitrogens with zero attached hydrogens (tertiary/aromatic N) is 3. The van der Waals surface area contributed by atoms with Crippen molar-refractivity contribution in [1.29, 1.82) is 0 Å². The van der Waals surface area contributed by atoms with Crippen LogP contribution in [0.25, 0.3) is 5.82 Å². The Hall–Kier alpha value is -1.07. The molecule has 2 aromatic heterocycles. The maximum absolute atomic E-state index is 5.71. The molecule has 0 fully saturated rings. The first kappa shape index (κ1) is 9.48. The van der Waals surface area contributed by atoms with Gasteiger partial charge >= 0.3 is 0 Å². The van der Waals surface area contributed by atoms with Crippen molar-refractivity contribution in [3.63, 3.8) is 0 Å². The lowest BCUT2D eigenvalue weighted by Crippen LogP contribution is -1.98. The largest absolute Gasteiger partial charge is 0.381 e. The summed E-state index contributed by atoms with van der Waals surface area (Å²) in [6, 6.07) is 3.51. The number of nitrogen functional groups attached to an aromatic ring is 1. The first-order valence-electron chi connectivity index (χ1n) is 3.79. The van der Waals surface area contributed by atoms with Crippen molar-refractivity contribution in [3.05, 3.63) is 34.0 Å². The molecular formula is C8H6BrClN4. The zero-order chi connectivity index (χ0) is 10.1. The topological polar surface area (TPSA) is 56.7 Å². The highest BCUT2D eigenvalue weighted by Gasteiger charge is 2.04. The number of aromatic nitrogens is 3. The molecule has 0 aromatic carbocycles. The molecule has 2 aromatic rings. The molecule has 0 aliphatic heterocycles. The van der Waals surface area contributed by atoms with Crippen LogP contribution in [0.1, 0.15) is 0 Å². The summed E-state index contributed by atoms with van der Waals surface area (Å²) in [5, 5.41) is 4.64. The molecule has 0 saturated carbocycles. The van der Waals surface area contributed by atoms with Crippen LogP contribution in [-0.4, -0.2) is 14.8 Å². The number of anilines is 1. The molecule has 14 heavy (non-hydrogen) atoms. The average Bonchev–Trinajstić information content (AvgIpc) is 2.48. The fourth-order valence-corrected chi connectivity index (χ4v) is 1.37. The molecule has 2 rings (SSSR count). The van der Waals surface area contributed by atoms with E-state index in [4.69, 9.17) is 17.3 Å². The van der Waals surface area contributed by atoms with Gasteiger partial charge in [-0.25, -0.2) is 9.67 Å². The van der Waals surface area contributed by atoms with E-state index in [0.29, 0.717) is 16.7 Å². The Morgan fingerprint density at radius 3 is 2.71 bits per heavy atom. The molecular weight excluding hydrogens is 267 g/mol. The van der Waals surface area contributed by atoms with Gasteiger partial charge in [0.15, 0.2) is 11.6 Å². The van der Waals surface area contributed by atoms with Gasteiger partial charge in [0.25, 0.3) is 0 Å². The first-order chi connectivity index (χ1) is 6.66. The van der Waals surface area contributed by atoms with E-state index in [-0.39, 0.29) is 0 Å². The van der Waals surface area contributed by atoms with Gasteiger partial charge in [-0.05, 0) is 28.1 Å². The Balaban J connectivity index is 2.44. The third kappa shape index (κ3) is 1.73. The Labute approximate surface area is 93.8 Å². The summed E-state index contributed by atoms with van der Waals surface area (Å²) >= 11 is 8.98. The fraction of sp³-hybridized carbons (Fsp3) is 0. The van der Waals surface area contributed by atoms with Crippen LogP contribution < -0.4 is 5.73 Å². The van der Waals surface area contributed by atoms with E-state index in [1.165, 1.54) is 0 Å². The third-order valence-electron chi connectivity index (χ3n) is 1.64. The van der Waals surface area contributed by atoms with Crippen molar-refractivity contribution >= 4 is 33.3 Å². The molecule has 6 heteroatoms. The fourth-order valence-electron chi connectivity index (χ4n) is 0.987. The summed E-state index contributed by atoms with van der Waals surface area (Å²) in [6.07, 6.45) is 3.30. The SMILES string of the molecule is Nc1nn(-c2ccc(Cl)cn2)cc1Br. The van der Waals surface area contributed by atoms with Crippen LogP contribution in [0.3, 0.4) is 0 Å². The maximum atomic E-state index is 5.71. The molecule has 2 N–H and O–H groups in total. The standard InChI is InChI=1S/C8H6BrClN4/c9-6-4-14(13-8(6)11)7-2-1-5(10)3-12-7/h1-4H,(H2,11,13). The van der Waals surface area contributed by atoms with Crippen LogP contribution in [0.2, 0.25) is 5.02 Å². The minimum absolute atomic E-state index is 0.432. The maximum Gasteiger partial charge on any atom is 0.160 e. The lowest BCUT2D eigenvalue weighted by atomic mass is 10.5. The van der Waals surface area contributed by atoms with E-state index >= 15 is 0 Å². The summed E-state index contributed by atoms with van der Waals surface area (Å²) in [7, 11) is 0. The highest BCUT2D eigenvalue weighted by atomic mass is 79.9. The van der Waals surface area contributed by atoms with Gasteiger partial charge in [0.1, 0.15) is 0 Å². The van der Waals surface area contributed by atoms with Crippen LogP contribution in [0.4, 0.5) is 5.82 Å². The van der Waals surface area contributed by atoms with Crippen LogP contribution in [0, 0.1) is 0 Å². The zero-order valence-electron chi connectivity index (χ0n) is 6.98. The Bertz CT molecular complexity index is 431. The normalized spacial score (nSPS) is 10.4. The Morgan fingerprint density at radius 2 is 2.21 bits per heavy atom. The minimum atomic E-state index is 0.432. The van der Waals surface area contributed by atoms with Crippen LogP contribution >= 0.6 is 27.5 Å². The van der Waals surface area contributed by atoms with Crippen LogP contribution in [-0.2, 0) is 0 Å². The molecule has 72 valence electrons. The predicted octanol–water partition coefficient (Wildman–Crippen LogP) is 2.27. The van der Waals surface area contributed by atoms with Crippen LogP contribution in [0.15, 0.2) is 29.0 Å². The van der Waals surface area contributed by atoms with Crippen molar-refractivity contribution < 1.29 is 0 Å². The summed E-state index contributed by atoms with van der Waals surface area (Å²) in [5.74, 6) is 1.11. The van der Waals surface area contributed by atoms with E-state index in [1.807, 2.05) is 0 Å². The molecule has 0 amide bonds. The van der Waals surface area contributed by atoms with Gasteiger partial charge < -0.3 is 5.73 Å². The minimum Gasteiger partial charge on any atom is -0.381 e. The highest BCUT2D eigenvalue weighted by molar-refractivity contribution is 9.10. The van der Waals surface area contributed by atoms with Gasteiger partial charge in [-0.15, -0.1) is 5.10 Å². The van der Waals surface area contributed by atoms with Gasteiger partial charge in [-0.2, -0.15) is 0 Å². The van der Waals surface area contributed by atoms with Crippen molar-refractivity contribution in [2.45, 2.75) is 0 Å². The molecule has 2 heterocycles. The van der Waals surface area contributed by atoms with Gasteiger partial charge in [-0.1, -0.05) is 11.6 Å². The number of halogens is 2. The molecule has 0 saturated heterocycles. The van der Waals surface area contributed by atoms with E-state index < -0.39 is 0 Å². The quantitative estimate of drug-likeness (QED) is 0.867.